The minimum atomic E-state index is -0.165. The van der Waals surface area contributed by atoms with Gasteiger partial charge in [-0.05, 0) is 38.3 Å². The molecule has 1 amide bonds. The number of carbonyl (C=O) groups excluding carboxylic acids is 1. The van der Waals surface area contributed by atoms with Crippen molar-refractivity contribution in [3.63, 3.8) is 0 Å². The fourth-order valence-corrected chi connectivity index (χ4v) is 3.34. The summed E-state index contributed by atoms with van der Waals surface area (Å²) < 4.78 is 5.94. The summed E-state index contributed by atoms with van der Waals surface area (Å²) in [7, 11) is 0. The highest BCUT2D eigenvalue weighted by atomic mass is 16.5. The lowest BCUT2D eigenvalue weighted by molar-refractivity contribution is -0.0443. The number of aromatic nitrogens is 1. The largest absolute Gasteiger partial charge is 0.372 e. The van der Waals surface area contributed by atoms with Gasteiger partial charge in [-0.1, -0.05) is 25.1 Å². The number of carbonyl (C=O) groups is 1. The molecule has 0 spiro atoms. The fourth-order valence-electron chi connectivity index (χ4n) is 3.34. The standard InChI is InChI=1S/C20H25N3O2/c1-3-20(2)13-23(10-11-25-20)18-12-16(19(24)21-14-8-9-14)15-6-4-5-7-17(15)22-18/h4-7,12,14H,3,8-11,13H2,1-2H3,(H,21,24). The number of morpholine rings is 1. The van der Waals surface area contributed by atoms with Gasteiger partial charge < -0.3 is 15.0 Å². The number of pyridine rings is 1. The first-order valence-corrected chi connectivity index (χ1v) is 9.17. The van der Waals surface area contributed by atoms with Crippen LogP contribution in [0.1, 0.15) is 43.5 Å². The van der Waals surface area contributed by atoms with Gasteiger partial charge in [0.15, 0.2) is 0 Å². The highest BCUT2D eigenvalue weighted by molar-refractivity contribution is 6.07. The van der Waals surface area contributed by atoms with Crippen LogP contribution in [0, 0.1) is 0 Å². The van der Waals surface area contributed by atoms with Crippen LogP contribution in [0.4, 0.5) is 5.82 Å². The van der Waals surface area contributed by atoms with E-state index in [0.29, 0.717) is 12.6 Å². The average molecular weight is 339 g/mol. The van der Waals surface area contributed by atoms with Gasteiger partial charge in [0.2, 0.25) is 0 Å². The highest BCUT2D eigenvalue weighted by Crippen LogP contribution is 2.29. The predicted molar refractivity (Wildman–Crippen MR) is 99.1 cm³/mol. The first kappa shape index (κ1) is 16.3. The lowest BCUT2D eigenvalue weighted by atomic mass is 10.0. The molecule has 1 saturated heterocycles. The second kappa shape index (κ2) is 6.30. The molecule has 1 unspecified atom stereocenters. The summed E-state index contributed by atoms with van der Waals surface area (Å²) in [6.45, 7) is 6.55. The van der Waals surface area contributed by atoms with Gasteiger partial charge in [-0.15, -0.1) is 0 Å². The van der Waals surface area contributed by atoms with E-state index in [1.54, 1.807) is 0 Å². The third kappa shape index (κ3) is 3.33. The van der Waals surface area contributed by atoms with Crippen LogP contribution in [0.5, 0.6) is 0 Å². The highest BCUT2D eigenvalue weighted by Gasteiger charge is 2.32. The van der Waals surface area contributed by atoms with Crippen molar-refractivity contribution in [2.75, 3.05) is 24.6 Å². The molecule has 1 N–H and O–H groups in total. The number of ether oxygens (including phenoxy) is 1. The van der Waals surface area contributed by atoms with Gasteiger partial charge in [-0.3, -0.25) is 4.79 Å². The van der Waals surface area contributed by atoms with Gasteiger partial charge >= 0.3 is 0 Å². The minimum absolute atomic E-state index is 0.00821. The Balaban J connectivity index is 1.72. The smallest absolute Gasteiger partial charge is 0.252 e. The van der Waals surface area contributed by atoms with Crippen molar-refractivity contribution >= 4 is 22.6 Å². The Morgan fingerprint density at radius 1 is 1.40 bits per heavy atom. The maximum Gasteiger partial charge on any atom is 0.252 e. The van der Waals surface area contributed by atoms with E-state index in [4.69, 9.17) is 9.72 Å². The number of fused-ring (bicyclic) bond motifs is 1. The zero-order chi connectivity index (χ0) is 17.4. The maximum atomic E-state index is 12.7. The summed E-state index contributed by atoms with van der Waals surface area (Å²) in [5.74, 6) is 0.872. The second-order valence-corrected chi connectivity index (χ2v) is 7.37. The van der Waals surface area contributed by atoms with Crippen LogP contribution >= 0.6 is 0 Å². The van der Waals surface area contributed by atoms with E-state index in [2.05, 4.69) is 24.1 Å². The molecule has 5 nitrogen and oxygen atoms in total. The normalized spacial score (nSPS) is 23.7. The molecule has 1 atom stereocenters. The van der Waals surface area contributed by atoms with Crippen molar-refractivity contribution in [2.24, 2.45) is 0 Å². The number of hydrogen-bond acceptors (Lipinski definition) is 4. The summed E-state index contributed by atoms with van der Waals surface area (Å²) in [4.78, 5) is 19.8. The number of amides is 1. The summed E-state index contributed by atoms with van der Waals surface area (Å²) in [5.41, 5.74) is 1.42. The summed E-state index contributed by atoms with van der Waals surface area (Å²) in [6.07, 6.45) is 3.12. The van der Waals surface area contributed by atoms with Crippen LogP contribution < -0.4 is 10.2 Å². The first-order valence-electron chi connectivity index (χ1n) is 9.17. The lowest BCUT2D eigenvalue weighted by Gasteiger charge is -2.40. The van der Waals surface area contributed by atoms with E-state index < -0.39 is 0 Å². The number of nitrogens with one attached hydrogen (secondary N) is 1. The van der Waals surface area contributed by atoms with Gasteiger partial charge in [-0.25, -0.2) is 4.98 Å². The Morgan fingerprint density at radius 2 is 2.20 bits per heavy atom. The molecule has 25 heavy (non-hydrogen) atoms. The molecule has 132 valence electrons. The van der Waals surface area contributed by atoms with E-state index in [9.17, 15) is 4.79 Å². The quantitative estimate of drug-likeness (QED) is 0.930. The summed E-state index contributed by atoms with van der Waals surface area (Å²) in [6, 6.07) is 10.2. The number of anilines is 1. The van der Waals surface area contributed by atoms with E-state index in [-0.39, 0.29) is 11.5 Å². The van der Waals surface area contributed by atoms with Crippen LogP contribution in [0.25, 0.3) is 10.9 Å². The van der Waals surface area contributed by atoms with Crippen molar-refractivity contribution < 1.29 is 9.53 Å². The molecule has 1 aliphatic heterocycles. The second-order valence-electron chi connectivity index (χ2n) is 7.37. The molecule has 4 rings (SSSR count). The number of para-hydroxylation sites is 1. The molecule has 1 aliphatic carbocycles. The number of hydrogen-bond donors (Lipinski definition) is 1. The van der Waals surface area contributed by atoms with Crippen molar-refractivity contribution in [1.29, 1.82) is 0 Å². The molecular weight excluding hydrogens is 314 g/mol. The topological polar surface area (TPSA) is 54.5 Å². The Kier molecular flexibility index (Phi) is 4.12. The first-order chi connectivity index (χ1) is 12.1. The van der Waals surface area contributed by atoms with E-state index in [0.717, 1.165) is 54.6 Å². The van der Waals surface area contributed by atoms with Gasteiger partial charge in [-0.2, -0.15) is 0 Å². The zero-order valence-electron chi connectivity index (χ0n) is 14.9. The molecule has 2 aromatic rings. The van der Waals surface area contributed by atoms with Crippen LogP contribution in [-0.2, 0) is 4.74 Å². The molecule has 5 heteroatoms. The summed E-state index contributed by atoms with van der Waals surface area (Å²) in [5, 5.41) is 4.02. The third-order valence-corrected chi connectivity index (χ3v) is 5.27. The molecular formula is C20H25N3O2. The molecule has 2 heterocycles. The Morgan fingerprint density at radius 3 is 2.96 bits per heavy atom. The van der Waals surface area contributed by atoms with Gasteiger partial charge in [0.25, 0.3) is 5.91 Å². The SMILES string of the molecule is CCC1(C)CN(c2cc(C(=O)NC3CC3)c3ccccc3n2)CCO1. The molecule has 2 aliphatic rings. The molecule has 1 aromatic heterocycles. The average Bonchev–Trinajstić information content (AvgIpc) is 3.44. The van der Waals surface area contributed by atoms with Crippen molar-refractivity contribution in [1.82, 2.24) is 10.3 Å². The molecule has 1 saturated carbocycles. The molecule has 2 fully saturated rings. The van der Waals surface area contributed by atoms with E-state index in [1.165, 1.54) is 0 Å². The van der Waals surface area contributed by atoms with Gasteiger partial charge in [0, 0.05) is 24.5 Å². The van der Waals surface area contributed by atoms with Crippen LogP contribution in [-0.4, -0.2) is 42.2 Å². The Bertz CT molecular complexity index is 803. The zero-order valence-corrected chi connectivity index (χ0v) is 14.9. The molecule has 1 aromatic carbocycles. The lowest BCUT2D eigenvalue weighted by Crippen LogP contribution is -2.50. The van der Waals surface area contributed by atoms with Crippen LogP contribution in [0.2, 0.25) is 0 Å². The monoisotopic (exact) mass is 339 g/mol. The van der Waals surface area contributed by atoms with Gasteiger partial charge in [0.05, 0.1) is 23.3 Å². The minimum Gasteiger partial charge on any atom is -0.372 e. The van der Waals surface area contributed by atoms with Crippen LogP contribution in [0.15, 0.2) is 30.3 Å². The maximum absolute atomic E-state index is 12.7. The van der Waals surface area contributed by atoms with E-state index in [1.807, 2.05) is 30.3 Å². The fraction of sp³-hybridized carbons (Fsp3) is 0.500. The van der Waals surface area contributed by atoms with E-state index >= 15 is 0 Å². The Hall–Kier alpha value is -2.14. The third-order valence-electron chi connectivity index (χ3n) is 5.27. The molecule has 0 bridgehead atoms. The Labute approximate surface area is 148 Å². The van der Waals surface area contributed by atoms with Crippen molar-refractivity contribution in [3.8, 4) is 0 Å². The number of rotatable bonds is 4. The van der Waals surface area contributed by atoms with Crippen molar-refractivity contribution in [3.05, 3.63) is 35.9 Å². The molecule has 0 radical (unpaired) electrons. The number of benzene rings is 1. The van der Waals surface area contributed by atoms with Gasteiger partial charge in [0.1, 0.15) is 5.82 Å². The van der Waals surface area contributed by atoms with Crippen LogP contribution in [0.3, 0.4) is 0 Å². The predicted octanol–water partition coefficient (Wildman–Crippen LogP) is 3.13. The van der Waals surface area contributed by atoms with Crippen molar-refractivity contribution in [2.45, 2.75) is 44.8 Å². The summed E-state index contributed by atoms with van der Waals surface area (Å²) >= 11 is 0. The number of nitrogens with zero attached hydrogens (tertiary/aromatic N) is 2.